The maximum Gasteiger partial charge on any atom is 0.177 e. The first-order chi connectivity index (χ1) is 7.36. The van der Waals surface area contributed by atoms with Crippen LogP contribution < -0.4 is 0 Å². The van der Waals surface area contributed by atoms with Gasteiger partial charge in [0.1, 0.15) is 0 Å². The number of nitrogens with one attached hydrogen (secondary N) is 1. The minimum absolute atomic E-state index is 0.788. The Morgan fingerprint density at radius 1 is 1.40 bits per heavy atom. The zero-order chi connectivity index (χ0) is 10.5. The summed E-state index contributed by atoms with van der Waals surface area (Å²) in [5, 5.41) is 0. The Bertz CT molecular complexity index is 458. The van der Waals surface area contributed by atoms with Crippen LogP contribution >= 0.6 is 12.2 Å². The predicted molar refractivity (Wildman–Crippen MR) is 62.2 cm³/mol. The van der Waals surface area contributed by atoms with Crippen LogP contribution in [0.3, 0.4) is 0 Å². The lowest BCUT2D eigenvalue weighted by Crippen LogP contribution is -1.99. The number of pyridine rings is 1. The molecular weight excluding hydrogens is 206 g/mol. The molecule has 0 saturated heterocycles. The number of nitrogens with zero attached hydrogens (tertiary/aromatic N) is 2. The maximum atomic E-state index is 5.11. The number of aromatic nitrogens is 3. The molecule has 0 unspecified atom stereocenters. The topological polar surface area (TPSA) is 33.6 Å². The minimum Gasteiger partial charge on any atom is -0.337 e. The molecule has 2 aromatic rings. The van der Waals surface area contributed by atoms with Gasteiger partial charge in [0.05, 0.1) is 0 Å². The van der Waals surface area contributed by atoms with Crippen LogP contribution in [0.15, 0.2) is 36.8 Å². The number of hydrogen-bond donors (Lipinski definition) is 1. The average Bonchev–Trinajstić information content (AvgIpc) is 2.66. The van der Waals surface area contributed by atoms with E-state index in [-0.39, 0.29) is 0 Å². The first kappa shape index (κ1) is 10.1. The van der Waals surface area contributed by atoms with Gasteiger partial charge in [0.25, 0.3) is 0 Å². The standard InChI is InChI=1S/C11H13N3S/c15-11-13-7-9-14(11)8-3-5-10-4-1-2-6-12-10/h1-2,4,6-7,9H,3,5,8H2,(H,13,15). The van der Waals surface area contributed by atoms with Gasteiger partial charge in [-0.25, -0.2) is 0 Å². The maximum absolute atomic E-state index is 5.11. The molecule has 0 fully saturated rings. The van der Waals surface area contributed by atoms with Crippen molar-refractivity contribution in [2.24, 2.45) is 0 Å². The molecule has 1 N–H and O–H groups in total. The Morgan fingerprint density at radius 3 is 3.00 bits per heavy atom. The van der Waals surface area contributed by atoms with Gasteiger partial charge in [-0.15, -0.1) is 0 Å². The molecule has 0 atom stereocenters. The van der Waals surface area contributed by atoms with Crippen molar-refractivity contribution in [1.29, 1.82) is 0 Å². The fourth-order valence-electron chi connectivity index (χ4n) is 1.50. The summed E-state index contributed by atoms with van der Waals surface area (Å²) >= 11 is 5.11. The van der Waals surface area contributed by atoms with Crippen molar-refractivity contribution in [1.82, 2.24) is 14.5 Å². The van der Waals surface area contributed by atoms with E-state index in [1.165, 1.54) is 0 Å². The highest BCUT2D eigenvalue weighted by Crippen LogP contribution is 2.01. The van der Waals surface area contributed by atoms with Gasteiger partial charge in [0.15, 0.2) is 4.77 Å². The van der Waals surface area contributed by atoms with Crippen LogP contribution in [0.4, 0.5) is 0 Å². The van der Waals surface area contributed by atoms with Crippen molar-refractivity contribution in [3.63, 3.8) is 0 Å². The van der Waals surface area contributed by atoms with Crippen LogP contribution in [0.25, 0.3) is 0 Å². The van der Waals surface area contributed by atoms with E-state index in [1.54, 1.807) is 0 Å². The first-order valence-corrected chi connectivity index (χ1v) is 5.41. The van der Waals surface area contributed by atoms with Gasteiger partial charge in [0.2, 0.25) is 0 Å². The van der Waals surface area contributed by atoms with Crippen molar-refractivity contribution in [2.75, 3.05) is 0 Å². The molecule has 0 bridgehead atoms. The normalized spacial score (nSPS) is 10.4. The van der Waals surface area contributed by atoms with Gasteiger partial charge in [-0.2, -0.15) is 0 Å². The largest absolute Gasteiger partial charge is 0.337 e. The number of imidazole rings is 1. The van der Waals surface area contributed by atoms with Crippen LogP contribution in [0.1, 0.15) is 12.1 Å². The van der Waals surface area contributed by atoms with Gasteiger partial charge < -0.3 is 9.55 Å². The lowest BCUT2D eigenvalue weighted by atomic mass is 10.2. The van der Waals surface area contributed by atoms with E-state index >= 15 is 0 Å². The molecule has 78 valence electrons. The average molecular weight is 219 g/mol. The third kappa shape index (κ3) is 2.76. The quantitative estimate of drug-likeness (QED) is 0.802. The van der Waals surface area contributed by atoms with Gasteiger partial charge in [-0.1, -0.05) is 6.07 Å². The second-order valence-electron chi connectivity index (χ2n) is 3.38. The van der Waals surface area contributed by atoms with Crippen molar-refractivity contribution >= 4 is 12.2 Å². The molecule has 0 aliphatic carbocycles. The summed E-state index contributed by atoms with van der Waals surface area (Å²) in [6.45, 7) is 0.943. The van der Waals surface area contributed by atoms with E-state index < -0.39 is 0 Å². The van der Waals surface area contributed by atoms with Crippen LogP contribution in [-0.2, 0) is 13.0 Å². The fourth-order valence-corrected chi connectivity index (χ4v) is 1.72. The van der Waals surface area contributed by atoms with E-state index in [0.29, 0.717) is 0 Å². The van der Waals surface area contributed by atoms with Crippen molar-refractivity contribution in [3.8, 4) is 0 Å². The fraction of sp³-hybridized carbons (Fsp3) is 0.273. The van der Waals surface area contributed by atoms with Crippen LogP contribution in [0.2, 0.25) is 0 Å². The van der Waals surface area contributed by atoms with E-state index in [4.69, 9.17) is 12.2 Å². The summed E-state index contributed by atoms with van der Waals surface area (Å²) in [7, 11) is 0. The lowest BCUT2D eigenvalue weighted by molar-refractivity contribution is 0.630. The van der Waals surface area contributed by atoms with Crippen LogP contribution in [0, 0.1) is 4.77 Å². The van der Waals surface area contributed by atoms with Crippen molar-refractivity contribution in [2.45, 2.75) is 19.4 Å². The molecule has 2 aromatic heterocycles. The summed E-state index contributed by atoms with van der Waals surface area (Å²) in [6, 6.07) is 6.01. The van der Waals surface area contributed by atoms with Crippen molar-refractivity contribution < 1.29 is 0 Å². The molecule has 4 heteroatoms. The first-order valence-electron chi connectivity index (χ1n) is 5.00. The Labute approximate surface area is 93.8 Å². The third-order valence-electron chi connectivity index (χ3n) is 2.28. The van der Waals surface area contributed by atoms with Gasteiger partial charge in [-0.05, 0) is 37.2 Å². The molecule has 0 aromatic carbocycles. The van der Waals surface area contributed by atoms with Crippen molar-refractivity contribution in [3.05, 3.63) is 47.3 Å². The monoisotopic (exact) mass is 219 g/mol. The second kappa shape index (κ2) is 4.89. The lowest BCUT2D eigenvalue weighted by Gasteiger charge is -2.01. The molecular formula is C11H13N3S. The van der Waals surface area contributed by atoms with Gasteiger partial charge in [-0.3, -0.25) is 4.98 Å². The smallest absolute Gasteiger partial charge is 0.177 e. The van der Waals surface area contributed by atoms with E-state index in [0.717, 1.165) is 29.9 Å². The SMILES string of the molecule is S=c1[nH]ccn1CCCc1ccccn1. The molecule has 0 spiro atoms. The predicted octanol–water partition coefficient (Wildman–Crippen LogP) is 2.57. The minimum atomic E-state index is 0.788. The molecule has 0 aliphatic heterocycles. The van der Waals surface area contributed by atoms with Crippen LogP contribution in [0.5, 0.6) is 0 Å². The molecule has 0 saturated carbocycles. The molecule has 15 heavy (non-hydrogen) atoms. The highest BCUT2D eigenvalue weighted by Gasteiger charge is 1.95. The summed E-state index contributed by atoms with van der Waals surface area (Å²) in [4.78, 5) is 7.26. The third-order valence-corrected chi connectivity index (χ3v) is 2.63. The number of aromatic amines is 1. The number of H-pyrrole nitrogens is 1. The molecule has 0 amide bonds. The zero-order valence-electron chi connectivity index (χ0n) is 8.39. The summed E-state index contributed by atoms with van der Waals surface area (Å²) in [5.41, 5.74) is 1.14. The Balaban J connectivity index is 1.86. The Kier molecular flexibility index (Phi) is 3.29. The highest BCUT2D eigenvalue weighted by molar-refractivity contribution is 7.71. The summed E-state index contributed by atoms with van der Waals surface area (Å²) in [6.07, 6.45) is 7.72. The molecule has 2 heterocycles. The second-order valence-corrected chi connectivity index (χ2v) is 3.77. The van der Waals surface area contributed by atoms with Crippen LogP contribution in [-0.4, -0.2) is 14.5 Å². The molecule has 0 aliphatic rings. The Hall–Kier alpha value is -1.42. The highest BCUT2D eigenvalue weighted by atomic mass is 32.1. The Morgan fingerprint density at radius 2 is 2.33 bits per heavy atom. The van der Waals surface area contributed by atoms with E-state index in [2.05, 4.69) is 16.0 Å². The number of rotatable bonds is 4. The van der Waals surface area contributed by atoms with Gasteiger partial charge >= 0.3 is 0 Å². The van der Waals surface area contributed by atoms with E-state index in [1.807, 2.05) is 35.3 Å². The summed E-state index contributed by atoms with van der Waals surface area (Å²) in [5.74, 6) is 0. The molecule has 0 radical (unpaired) electrons. The molecule has 2 rings (SSSR count). The van der Waals surface area contributed by atoms with E-state index in [9.17, 15) is 0 Å². The molecule has 3 nitrogen and oxygen atoms in total. The number of aryl methyl sites for hydroxylation is 2. The summed E-state index contributed by atoms with van der Waals surface area (Å²) < 4.78 is 2.83. The zero-order valence-corrected chi connectivity index (χ0v) is 9.20. The van der Waals surface area contributed by atoms with Gasteiger partial charge in [0, 0.05) is 30.8 Å². The number of hydrogen-bond acceptors (Lipinski definition) is 2.